The van der Waals surface area contributed by atoms with E-state index in [0.717, 1.165) is 10.5 Å². The summed E-state index contributed by atoms with van der Waals surface area (Å²) in [6, 6.07) is 8.76. The van der Waals surface area contributed by atoms with E-state index in [0.29, 0.717) is 6.54 Å². The topological polar surface area (TPSA) is 90.0 Å². The van der Waals surface area contributed by atoms with Gasteiger partial charge in [0, 0.05) is 13.1 Å². The van der Waals surface area contributed by atoms with E-state index in [4.69, 9.17) is 5.11 Å². The van der Waals surface area contributed by atoms with Gasteiger partial charge in [-0.1, -0.05) is 30.3 Å². The molecule has 1 aliphatic heterocycles. The molecule has 2 rings (SSSR count). The van der Waals surface area contributed by atoms with Crippen molar-refractivity contribution < 1.29 is 19.5 Å². The van der Waals surface area contributed by atoms with Crippen LogP contribution in [0.3, 0.4) is 0 Å². The number of nitrogens with zero attached hydrogens (tertiary/aromatic N) is 2. The fraction of sp³-hybridized carbons (Fsp3) is 0.357. The van der Waals surface area contributed by atoms with Gasteiger partial charge in [0.15, 0.2) is 0 Å². The van der Waals surface area contributed by atoms with Crippen LogP contribution >= 0.6 is 0 Å². The highest BCUT2D eigenvalue weighted by atomic mass is 16.3. The van der Waals surface area contributed by atoms with Crippen LogP contribution in [0.2, 0.25) is 0 Å². The normalized spacial score (nSPS) is 14.2. The number of nitrogens with one attached hydrogen (secondary N) is 1. The minimum absolute atomic E-state index is 0.0786. The van der Waals surface area contributed by atoms with Crippen LogP contribution in [0.4, 0.5) is 4.79 Å². The van der Waals surface area contributed by atoms with Crippen LogP contribution in [-0.2, 0) is 16.1 Å². The number of aliphatic hydroxyl groups is 1. The molecule has 7 heteroatoms. The molecule has 1 fully saturated rings. The highest BCUT2D eigenvalue weighted by molar-refractivity contribution is 6.04. The quantitative estimate of drug-likeness (QED) is 0.695. The van der Waals surface area contributed by atoms with Gasteiger partial charge in [-0.05, 0) is 5.56 Å². The van der Waals surface area contributed by atoms with Crippen LogP contribution < -0.4 is 5.32 Å². The molecule has 0 saturated carbocycles. The summed E-state index contributed by atoms with van der Waals surface area (Å²) < 4.78 is 0. The molecule has 1 saturated heterocycles. The van der Waals surface area contributed by atoms with E-state index >= 15 is 0 Å². The number of hydrogen-bond acceptors (Lipinski definition) is 4. The van der Waals surface area contributed by atoms with Crippen molar-refractivity contribution in [1.29, 1.82) is 0 Å². The fourth-order valence-electron chi connectivity index (χ4n) is 2.07. The number of carbonyl (C=O) groups is 3. The van der Waals surface area contributed by atoms with Crippen LogP contribution in [-0.4, -0.2) is 59.0 Å². The van der Waals surface area contributed by atoms with Crippen molar-refractivity contribution in [2.45, 2.75) is 6.54 Å². The van der Waals surface area contributed by atoms with E-state index in [1.807, 2.05) is 30.3 Å². The average Bonchev–Trinajstić information content (AvgIpc) is 2.80. The Morgan fingerprint density at radius 2 is 2.00 bits per heavy atom. The van der Waals surface area contributed by atoms with Crippen molar-refractivity contribution in [3.05, 3.63) is 35.9 Å². The molecule has 1 heterocycles. The molecule has 0 aliphatic carbocycles. The standard InChI is InChI=1S/C14H17N3O4/c18-7-6-16(9-11-4-2-1-3-5-11)13(20)10-17-12(19)8-15-14(17)21/h1-5,18H,6-10H2,(H,15,21). The maximum atomic E-state index is 12.2. The number of rotatable bonds is 6. The van der Waals surface area contributed by atoms with E-state index < -0.39 is 11.9 Å². The zero-order chi connectivity index (χ0) is 15.2. The van der Waals surface area contributed by atoms with Gasteiger partial charge in [0.1, 0.15) is 6.54 Å². The maximum Gasteiger partial charge on any atom is 0.325 e. The molecule has 0 aromatic heterocycles. The molecule has 4 amide bonds. The second-order valence-corrected chi connectivity index (χ2v) is 4.66. The monoisotopic (exact) mass is 291 g/mol. The number of aliphatic hydroxyl groups excluding tert-OH is 1. The Balaban J connectivity index is 2.02. The number of benzene rings is 1. The number of imide groups is 1. The molecule has 1 aliphatic rings. The van der Waals surface area contributed by atoms with Crippen molar-refractivity contribution in [1.82, 2.24) is 15.1 Å². The first kappa shape index (κ1) is 15.0. The predicted octanol–water partition coefficient (Wildman–Crippen LogP) is -0.441. The molecule has 2 N–H and O–H groups in total. The third-order valence-corrected chi connectivity index (χ3v) is 3.17. The highest BCUT2D eigenvalue weighted by Crippen LogP contribution is 2.07. The Bertz CT molecular complexity index is 516. The number of urea groups is 1. The van der Waals surface area contributed by atoms with Crippen LogP contribution in [0.15, 0.2) is 30.3 Å². The van der Waals surface area contributed by atoms with Gasteiger partial charge in [0.25, 0.3) is 5.91 Å². The van der Waals surface area contributed by atoms with Crippen LogP contribution in [0.5, 0.6) is 0 Å². The van der Waals surface area contributed by atoms with Gasteiger partial charge in [0.2, 0.25) is 5.91 Å². The first-order valence-electron chi connectivity index (χ1n) is 6.62. The zero-order valence-corrected chi connectivity index (χ0v) is 11.5. The molecule has 112 valence electrons. The summed E-state index contributed by atoms with van der Waals surface area (Å²) in [5, 5.41) is 11.4. The van der Waals surface area contributed by atoms with Crippen molar-refractivity contribution in [2.75, 3.05) is 26.2 Å². The molecule has 1 aromatic carbocycles. The fourth-order valence-corrected chi connectivity index (χ4v) is 2.07. The van der Waals surface area contributed by atoms with E-state index in [2.05, 4.69) is 5.32 Å². The summed E-state index contributed by atoms with van der Waals surface area (Å²) >= 11 is 0. The second kappa shape index (κ2) is 6.85. The largest absolute Gasteiger partial charge is 0.395 e. The van der Waals surface area contributed by atoms with Gasteiger partial charge in [-0.2, -0.15) is 0 Å². The Hall–Kier alpha value is -2.41. The summed E-state index contributed by atoms with van der Waals surface area (Å²) in [6.45, 7) is -0.0950. The lowest BCUT2D eigenvalue weighted by Gasteiger charge is -2.23. The van der Waals surface area contributed by atoms with Gasteiger partial charge >= 0.3 is 6.03 Å². The van der Waals surface area contributed by atoms with Crippen LogP contribution in [0.1, 0.15) is 5.56 Å². The molecule has 0 radical (unpaired) electrons. The lowest BCUT2D eigenvalue weighted by Crippen LogP contribution is -2.43. The van der Waals surface area contributed by atoms with Crippen LogP contribution in [0, 0.1) is 0 Å². The first-order chi connectivity index (χ1) is 10.1. The minimum Gasteiger partial charge on any atom is -0.395 e. The molecule has 0 atom stereocenters. The molecule has 0 unspecified atom stereocenters. The molecule has 7 nitrogen and oxygen atoms in total. The van der Waals surface area contributed by atoms with Gasteiger partial charge in [-0.25, -0.2) is 4.79 Å². The first-order valence-corrected chi connectivity index (χ1v) is 6.62. The SMILES string of the molecule is O=C(CN1C(=O)CNC1=O)N(CCO)Cc1ccccc1. The Morgan fingerprint density at radius 1 is 1.29 bits per heavy atom. The number of amides is 4. The smallest absolute Gasteiger partial charge is 0.325 e. The summed E-state index contributed by atoms with van der Waals surface area (Å²) in [5.41, 5.74) is 0.913. The number of hydrogen-bond donors (Lipinski definition) is 2. The van der Waals surface area contributed by atoms with Gasteiger partial charge in [-0.15, -0.1) is 0 Å². The molecular weight excluding hydrogens is 274 g/mol. The van der Waals surface area contributed by atoms with E-state index in [1.165, 1.54) is 4.90 Å². The molecular formula is C14H17N3O4. The lowest BCUT2D eigenvalue weighted by molar-refractivity contribution is -0.137. The van der Waals surface area contributed by atoms with E-state index in [-0.39, 0.29) is 32.1 Å². The predicted molar refractivity (Wildman–Crippen MR) is 74.1 cm³/mol. The van der Waals surface area contributed by atoms with Crippen molar-refractivity contribution in [2.24, 2.45) is 0 Å². The van der Waals surface area contributed by atoms with Crippen molar-refractivity contribution in [3.63, 3.8) is 0 Å². The van der Waals surface area contributed by atoms with E-state index in [9.17, 15) is 14.4 Å². The molecule has 0 spiro atoms. The third kappa shape index (κ3) is 3.79. The summed E-state index contributed by atoms with van der Waals surface area (Å²) in [5.74, 6) is -0.796. The Kier molecular flexibility index (Phi) is 4.89. The van der Waals surface area contributed by atoms with Crippen molar-refractivity contribution >= 4 is 17.8 Å². The summed E-state index contributed by atoms with van der Waals surface area (Å²) in [4.78, 5) is 37.5. The Labute approximate surface area is 122 Å². The van der Waals surface area contributed by atoms with Gasteiger partial charge in [-0.3, -0.25) is 14.5 Å². The highest BCUT2D eigenvalue weighted by Gasteiger charge is 2.31. The zero-order valence-electron chi connectivity index (χ0n) is 11.5. The summed E-state index contributed by atoms with van der Waals surface area (Å²) in [7, 11) is 0. The van der Waals surface area contributed by atoms with Crippen LogP contribution in [0.25, 0.3) is 0 Å². The average molecular weight is 291 g/mol. The Morgan fingerprint density at radius 3 is 2.57 bits per heavy atom. The van der Waals surface area contributed by atoms with Crippen molar-refractivity contribution in [3.8, 4) is 0 Å². The lowest BCUT2D eigenvalue weighted by atomic mass is 10.2. The minimum atomic E-state index is -0.558. The second-order valence-electron chi connectivity index (χ2n) is 4.66. The molecule has 21 heavy (non-hydrogen) atoms. The molecule has 1 aromatic rings. The number of carbonyl (C=O) groups excluding carboxylic acids is 3. The van der Waals surface area contributed by atoms with E-state index in [1.54, 1.807) is 0 Å². The van der Waals surface area contributed by atoms with Gasteiger partial charge < -0.3 is 15.3 Å². The summed E-state index contributed by atoms with van der Waals surface area (Å²) in [6.07, 6.45) is 0. The maximum absolute atomic E-state index is 12.2. The molecule has 0 bridgehead atoms. The van der Waals surface area contributed by atoms with Gasteiger partial charge in [0.05, 0.1) is 13.2 Å². The third-order valence-electron chi connectivity index (χ3n) is 3.17.